The highest BCUT2D eigenvalue weighted by Crippen LogP contribution is 2.23. The molecule has 5 nitrogen and oxygen atoms in total. The summed E-state index contributed by atoms with van der Waals surface area (Å²) >= 11 is 0. The van der Waals surface area contributed by atoms with Crippen molar-refractivity contribution in [2.75, 3.05) is 0 Å². The summed E-state index contributed by atoms with van der Waals surface area (Å²) in [6.07, 6.45) is 1.76. The Bertz CT molecular complexity index is 388. The monoisotopic (exact) mass is 327 g/mol. The normalized spacial score (nSPS) is 13.4. The van der Waals surface area contributed by atoms with Gasteiger partial charge in [-0.15, -0.1) is 6.58 Å². The zero-order valence-electron chi connectivity index (χ0n) is 15.9. The van der Waals surface area contributed by atoms with Gasteiger partial charge < -0.3 is 9.47 Å². The fourth-order valence-corrected chi connectivity index (χ4v) is 2.02. The molecule has 2 amide bonds. The van der Waals surface area contributed by atoms with Crippen LogP contribution in [0.1, 0.15) is 68.2 Å². The first-order chi connectivity index (χ1) is 10.3. The topological polar surface area (TPSA) is 55.8 Å². The lowest BCUT2D eigenvalue weighted by Crippen LogP contribution is -2.50. The minimum Gasteiger partial charge on any atom is -0.443 e. The Labute approximate surface area is 141 Å². The van der Waals surface area contributed by atoms with Gasteiger partial charge in [-0.3, -0.25) is 0 Å². The van der Waals surface area contributed by atoms with Gasteiger partial charge in [0.2, 0.25) is 0 Å². The molecule has 0 aromatic heterocycles. The third-order valence-electron chi connectivity index (χ3n) is 2.95. The molecule has 0 heterocycles. The lowest BCUT2D eigenvalue weighted by molar-refractivity contribution is -0.0125. The van der Waals surface area contributed by atoms with E-state index in [4.69, 9.17) is 9.47 Å². The summed E-state index contributed by atoms with van der Waals surface area (Å²) < 4.78 is 10.8. The zero-order chi connectivity index (χ0) is 18.4. The quantitative estimate of drug-likeness (QED) is 0.655. The van der Waals surface area contributed by atoms with Crippen LogP contribution in [0.15, 0.2) is 12.7 Å². The van der Waals surface area contributed by atoms with E-state index in [9.17, 15) is 9.59 Å². The number of allylic oxidation sites excluding steroid dienone is 1. The molecule has 0 saturated heterocycles. The van der Waals surface area contributed by atoms with Crippen molar-refractivity contribution in [3.05, 3.63) is 12.7 Å². The van der Waals surface area contributed by atoms with Crippen LogP contribution in [0.4, 0.5) is 9.59 Å². The molecule has 0 rings (SSSR count). The molecule has 134 valence electrons. The summed E-state index contributed by atoms with van der Waals surface area (Å²) in [7, 11) is 0. The Balaban J connectivity index is 5.52. The van der Waals surface area contributed by atoms with Gasteiger partial charge in [-0.05, 0) is 60.3 Å². The summed E-state index contributed by atoms with van der Waals surface area (Å²) in [4.78, 5) is 26.3. The average molecular weight is 327 g/mol. The smallest absolute Gasteiger partial charge is 0.420 e. The van der Waals surface area contributed by atoms with E-state index in [1.54, 1.807) is 47.6 Å². The number of hydrogen-bond donors (Lipinski definition) is 0. The van der Waals surface area contributed by atoms with Gasteiger partial charge >= 0.3 is 12.2 Å². The second-order valence-corrected chi connectivity index (χ2v) is 8.01. The van der Waals surface area contributed by atoms with E-state index in [1.807, 2.05) is 13.8 Å². The molecule has 0 aromatic rings. The molecule has 0 aliphatic carbocycles. The molecule has 5 heteroatoms. The maximum absolute atomic E-state index is 12.6. The first-order valence-corrected chi connectivity index (χ1v) is 8.14. The molecule has 0 fully saturated rings. The molecule has 0 aliphatic heterocycles. The highest BCUT2D eigenvalue weighted by Gasteiger charge is 2.37. The standard InChI is InChI=1S/C18H33NO4/c1-10-11-12-14(13(2)3)19(15(20)22-17(4,5)6)16(21)23-18(7,8)9/h10,13-14H,1,11-12H2,2-9H3/t14-/m1/s1. The number of hydrogen-bond acceptors (Lipinski definition) is 4. The lowest BCUT2D eigenvalue weighted by atomic mass is 9.98. The summed E-state index contributed by atoms with van der Waals surface area (Å²) in [5.41, 5.74) is -1.37. The van der Waals surface area contributed by atoms with Gasteiger partial charge in [0.15, 0.2) is 0 Å². The van der Waals surface area contributed by atoms with E-state index >= 15 is 0 Å². The maximum Gasteiger partial charge on any atom is 0.420 e. The largest absolute Gasteiger partial charge is 0.443 e. The van der Waals surface area contributed by atoms with Gasteiger partial charge in [0.05, 0.1) is 0 Å². The van der Waals surface area contributed by atoms with Crippen molar-refractivity contribution in [2.24, 2.45) is 5.92 Å². The van der Waals surface area contributed by atoms with Crippen molar-refractivity contribution in [3.8, 4) is 0 Å². The maximum atomic E-state index is 12.6. The number of ether oxygens (including phenoxy) is 2. The van der Waals surface area contributed by atoms with Gasteiger partial charge in [-0.25, -0.2) is 14.5 Å². The molecule has 0 radical (unpaired) electrons. The third kappa shape index (κ3) is 8.62. The Kier molecular flexibility index (Phi) is 7.81. The van der Waals surface area contributed by atoms with Crippen LogP contribution < -0.4 is 0 Å². The van der Waals surface area contributed by atoms with Crippen LogP contribution in [-0.4, -0.2) is 34.3 Å². The second kappa shape index (κ2) is 8.37. The van der Waals surface area contributed by atoms with Crippen LogP contribution in [0, 0.1) is 5.92 Å². The van der Waals surface area contributed by atoms with Crippen molar-refractivity contribution in [2.45, 2.75) is 85.5 Å². The molecule has 0 spiro atoms. The molecular formula is C18H33NO4. The van der Waals surface area contributed by atoms with Crippen LogP contribution in [0.2, 0.25) is 0 Å². The predicted octanol–water partition coefficient (Wildman–Crippen LogP) is 5.15. The zero-order valence-corrected chi connectivity index (χ0v) is 15.9. The highest BCUT2D eigenvalue weighted by molar-refractivity contribution is 5.88. The third-order valence-corrected chi connectivity index (χ3v) is 2.95. The lowest BCUT2D eigenvalue weighted by Gasteiger charge is -2.35. The molecule has 0 aliphatic rings. The van der Waals surface area contributed by atoms with Gasteiger partial charge in [0.25, 0.3) is 0 Å². The molecule has 0 bridgehead atoms. The van der Waals surface area contributed by atoms with E-state index in [0.29, 0.717) is 12.8 Å². The van der Waals surface area contributed by atoms with Crippen molar-refractivity contribution in [3.63, 3.8) is 0 Å². The van der Waals surface area contributed by atoms with Crippen LogP contribution in [-0.2, 0) is 9.47 Å². The Hall–Kier alpha value is -1.52. The fourth-order valence-electron chi connectivity index (χ4n) is 2.02. The molecule has 0 saturated carbocycles. The highest BCUT2D eigenvalue weighted by atomic mass is 16.6. The van der Waals surface area contributed by atoms with Crippen molar-refractivity contribution >= 4 is 12.2 Å². The Morgan fingerprint density at radius 3 is 1.65 bits per heavy atom. The predicted molar refractivity (Wildman–Crippen MR) is 92.4 cm³/mol. The van der Waals surface area contributed by atoms with Crippen molar-refractivity contribution in [1.29, 1.82) is 0 Å². The van der Waals surface area contributed by atoms with Gasteiger partial charge in [-0.2, -0.15) is 0 Å². The Morgan fingerprint density at radius 1 is 1.00 bits per heavy atom. The van der Waals surface area contributed by atoms with E-state index in [-0.39, 0.29) is 12.0 Å². The van der Waals surface area contributed by atoms with Crippen LogP contribution in [0.3, 0.4) is 0 Å². The number of carbonyl (C=O) groups excluding carboxylic acids is 2. The summed E-state index contributed by atoms with van der Waals surface area (Å²) in [6, 6.07) is -0.308. The minimum atomic E-state index is -0.683. The van der Waals surface area contributed by atoms with Crippen LogP contribution >= 0.6 is 0 Å². The molecule has 0 unspecified atom stereocenters. The molecule has 0 N–H and O–H groups in total. The number of imide groups is 1. The van der Waals surface area contributed by atoms with E-state index < -0.39 is 23.4 Å². The molecule has 23 heavy (non-hydrogen) atoms. The van der Waals surface area contributed by atoms with E-state index in [0.717, 1.165) is 4.90 Å². The molecule has 1 atom stereocenters. The SMILES string of the molecule is C=CCC[C@H](C(C)C)N(C(=O)OC(C)(C)C)C(=O)OC(C)(C)C. The number of nitrogens with zero attached hydrogens (tertiary/aromatic N) is 1. The summed E-state index contributed by atoms with van der Waals surface area (Å²) in [5, 5.41) is 0. The first kappa shape index (κ1) is 21.5. The molecular weight excluding hydrogens is 294 g/mol. The van der Waals surface area contributed by atoms with Crippen LogP contribution in [0.5, 0.6) is 0 Å². The number of carbonyl (C=O) groups is 2. The van der Waals surface area contributed by atoms with Gasteiger partial charge in [-0.1, -0.05) is 19.9 Å². The number of rotatable bonds is 5. The second-order valence-electron chi connectivity index (χ2n) is 8.01. The fraction of sp³-hybridized carbons (Fsp3) is 0.778. The van der Waals surface area contributed by atoms with Gasteiger partial charge in [0, 0.05) is 6.04 Å². The van der Waals surface area contributed by atoms with Crippen molar-refractivity contribution < 1.29 is 19.1 Å². The van der Waals surface area contributed by atoms with E-state index in [2.05, 4.69) is 6.58 Å². The summed E-state index contributed by atoms with van der Waals surface area (Å²) in [5.74, 6) is 0.0787. The number of amides is 2. The van der Waals surface area contributed by atoms with Crippen molar-refractivity contribution in [1.82, 2.24) is 4.90 Å². The average Bonchev–Trinajstić information content (AvgIpc) is 2.28. The summed E-state index contributed by atoms with van der Waals surface area (Å²) in [6.45, 7) is 18.3. The minimum absolute atomic E-state index is 0.0787. The molecule has 0 aromatic carbocycles. The Morgan fingerprint density at radius 2 is 1.39 bits per heavy atom. The van der Waals surface area contributed by atoms with Crippen LogP contribution in [0.25, 0.3) is 0 Å². The van der Waals surface area contributed by atoms with E-state index in [1.165, 1.54) is 0 Å². The first-order valence-electron chi connectivity index (χ1n) is 8.14. The van der Waals surface area contributed by atoms with Gasteiger partial charge in [0.1, 0.15) is 11.2 Å².